The third kappa shape index (κ3) is 4.55. The molecule has 3 nitrogen and oxygen atoms in total. The first kappa shape index (κ1) is 30.8. The van der Waals surface area contributed by atoms with Crippen LogP contribution in [-0.4, -0.2) is 14.5 Å². The topological polar surface area (TPSA) is 30.7 Å². The fourth-order valence-electron chi connectivity index (χ4n) is 8.98. The molecule has 3 heterocycles. The summed E-state index contributed by atoms with van der Waals surface area (Å²) < 4.78 is 2.40. The molecule has 11 rings (SSSR count). The third-order valence-electron chi connectivity index (χ3n) is 11.7. The Bertz CT molecular complexity index is 3080. The fourth-order valence-corrected chi connectivity index (χ4v) is 8.98. The van der Waals surface area contributed by atoms with Gasteiger partial charge in [-0.3, -0.25) is 9.97 Å². The highest BCUT2D eigenvalue weighted by Gasteiger charge is 2.36. The SMILES string of the molecule is CC1(C)c2cc(-c3ccc(-c4cc5cccnc5c5ncccc45)cc3)ccc2-c2ccc(-c3cccc(-n4c5ccccc5c5ccccc54)c3)cc21. The van der Waals surface area contributed by atoms with E-state index in [1.807, 2.05) is 24.5 Å². The maximum absolute atomic E-state index is 4.72. The van der Waals surface area contributed by atoms with E-state index in [0.29, 0.717) is 0 Å². The molecule has 0 N–H and O–H groups in total. The Balaban J connectivity index is 0.942. The van der Waals surface area contributed by atoms with E-state index in [1.54, 1.807) is 0 Å². The number of fused-ring (bicyclic) bond motifs is 9. The molecule has 3 heteroatoms. The Hall–Kier alpha value is -6.84. The van der Waals surface area contributed by atoms with Crippen molar-refractivity contribution in [2.45, 2.75) is 19.3 Å². The van der Waals surface area contributed by atoms with Crippen molar-refractivity contribution in [3.8, 4) is 50.2 Å². The highest BCUT2D eigenvalue weighted by atomic mass is 15.0. The standard InChI is InChI=1S/C51H35N3/c1-51(2)45-30-35(32-18-20-33(21-19-32)44-29-37-11-8-26-52-49(37)50-43(44)15-9-27-53-50)22-24-39(45)40-25-23-36(31-46(40)51)34-10-7-12-38(28-34)54-47-16-5-3-13-41(47)42-14-4-6-17-48(42)54/h3-31H,1-2H3. The molecular formula is C51H35N3. The van der Waals surface area contributed by atoms with Crippen LogP contribution in [0, 0.1) is 0 Å². The summed E-state index contributed by atoms with van der Waals surface area (Å²) in [5.41, 5.74) is 18.0. The summed E-state index contributed by atoms with van der Waals surface area (Å²) in [6.45, 7) is 4.74. The Morgan fingerprint density at radius 2 is 0.963 bits per heavy atom. The van der Waals surface area contributed by atoms with E-state index in [-0.39, 0.29) is 5.41 Å². The number of benzene rings is 7. The van der Waals surface area contributed by atoms with Crippen molar-refractivity contribution in [2.24, 2.45) is 0 Å². The van der Waals surface area contributed by atoms with Crippen LogP contribution in [0.5, 0.6) is 0 Å². The lowest BCUT2D eigenvalue weighted by Crippen LogP contribution is -2.15. The largest absolute Gasteiger partial charge is 0.309 e. The summed E-state index contributed by atoms with van der Waals surface area (Å²) in [4.78, 5) is 9.36. The van der Waals surface area contributed by atoms with Crippen LogP contribution in [0.4, 0.5) is 0 Å². The highest BCUT2D eigenvalue weighted by Crippen LogP contribution is 2.51. The molecule has 1 aliphatic carbocycles. The molecule has 0 spiro atoms. The van der Waals surface area contributed by atoms with Crippen molar-refractivity contribution in [1.82, 2.24) is 14.5 Å². The van der Waals surface area contributed by atoms with Crippen molar-refractivity contribution in [3.63, 3.8) is 0 Å². The second-order valence-corrected chi connectivity index (χ2v) is 15.0. The van der Waals surface area contributed by atoms with Crippen molar-refractivity contribution in [1.29, 1.82) is 0 Å². The molecule has 1 aliphatic rings. The zero-order chi connectivity index (χ0) is 36.0. The Kier molecular flexibility index (Phi) is 6.60. The zero-order valence-corrected chi connectivity index (χ0v) is 30.1. The van der Waals surface area contributed by atoms with Gasteiger partial charge in [0.1, 0.15) is 0 Å². The number of hydrogen-bond donors (Lipinski definition) is 0. The summed E-state index contributed by atoms with van der Waals surface area (Å²) in [6.07, 6.45) is 3.69. The summed E-state index contributed by atoms with van der Waals surface area (Å²) in [5, 5.41) is 4.77. The van der Waals surface area contributed by atoms with Crippen LogP contribution in [0.1, 0.15) is 25.0 Å². The molecule has 0 fully saturated rings. The molecule has 10 aromatic rings. The lowest BCUT2D eigenvalue weighted by atomic mass is 9.81. The van der Waals surface area contributed by atoms with Gasteiger partial charge >= 0.3 is 0 Å². The number of aromatic nitrogens is 3. The summed E-state index contributed by atoms with van der Waals surface area (Å²) in [7, 11) is 0. The molecule has 0 saturated heterocycles. The first-order valence-electron chi connectivity index (χ1n) is 18.6. The van der Waals surface area contributed by atoms with E-state index < -0.39 is 0 Å². The van der Waals surface area contributed by atoms with Gasteiger partial charge in [0.2, 0.25) is 0 Å². The molecule has 3 aromatic heterocycles. The molecule has 0 saturated carbocycles. The van der Waals surface area contributed by atoms with Gasteiger partial charge in [-0.05, 0) is 110 Å². The summed E-state index contributed by atoms with van der Waals surface area (Å²) in [6, 6.07) is 60.0. The fraction of sp³-hybridized carbons (Fsp3) is 0.0588. The monoisotopic (exact) mass is 689 g/mol. The van der Waals surface area contributed by atoms with Crippen molar-refractivity contribution in [2.75, 3.05) is 0 Å². The minimum atomic E-state index is -0.147. The van der Waals surface area contributed by atoms with E-state index >= 15 is 0 Å². The average Bonchev–Trinajstić information content (AvgIpc) is 3.68. The second-order valence-electron chi connectivity index (χ2n) is 15.0. The Morgan fingerprint density at radius 3 is 1.67 bits per heavy atom. The summed E-state index contributed by atoms with van der Waals surface area (Å²) >= 11 is 0. The van der Waals surface area contributed by atoms with Crippen LogP contribution >= 0.6 is 0 Å². The maximum Gasteiger partial charge on any atom is 0.0970 e. The lowest BCUT2D eigenvalue weighted by molar-refractivity contribution is 0.661. The van der Waals surface area contributed by atoms with E-state index in [0.717, 1.165) is 21.8 Å². The van der Waals surface area contributed by atoms with Crippen LogP contribution in [-0.2, 0) is 5.41 Å². The number of hydrogen-bond acceptors (Lipinski definition) is 2. The predicted molar refractivity (Wildman–Crippen MR) is 225 cm³/mol. The van der Waals surface area contributed by atoms with Gasteiger partial charge in [-0.2, -0.15) is 0 Å². The number of para-hydroxylation sites is 2. The molecular weight excluding hydrogens is 655 g/mol. The normalized spacial score (nSPS) is 13.1. The van der Waals surface area contributed by atoms with Crippen molar-refractivity contribution >= 4 is 43.6 Å². The smallest absolute Gasteiger partial charge is 0.0970 e. The van der Waals surface area contributed by atoms with Gasteiger partial charge in [-0.15, -0.1) is 0 Å². The quantitative estimate of drug-likeness (QED) is 0.172. The van der Waals surface area contributed by atoms with Crippen LogP contribution in [0.15, 0.2) is 176 Å². The highest BCUT2D eigenvalue weighted by molar-refractivity contribution is 6.11. The predicted octanol–water partition coefficient (Wildman–Crippen LogP) is 13.2. The zero-order valence-electron chi connectivity index (χ0n) is 30.1. The van der Waals surface area contributed by atoms with E-state index in [9.17, 15) is 0 Å². The minimum Gasteiger partial charge on any atom is -0.309 e. The number of rotatable bonds is 4. The summed E-state index contributed by atoms with van der Waals surface area (Å²) in [5.74, 6) is 0. The molecule has 54 heavy (non-hydrogen) atoms. The molecule has 0 unspecified atom stereocenters. The van der Waals surface area contributed by atoms with E-state index in [2.05, 4.69) is 175 Å². The van der Waals surface area contributed by atoms with Crippen LogP contribution in [0.25, 0.3) is 93.8 Å². The van der Waals surface area contributed by atoms with Crippen LogP contribution in [0.3, 0.4) is 0 Å². The minimum absolute atomic E-state index is 0.147. The van der Waals surface area contributed by atoms with E-state index in [1.165, 1.54) is 83.1 Å². The first-order chi connectivity index (χ1) is 26.5. The second kappa shape index (κ2) is 11.6. The Morgan fingerprint density at radius 1 is 0.407 bits per heavy atom. The number of pyridine rings is 2. The molecule has 0 bridgehead atoms. The van der Waals surface area contributed by atoms with Gasteiger partial charge in [0.05, 0.1) is 22.1 Å². The average molecular weight is 690 g/mol. The first-order valence-corrected chi connectivity index (χ1v) is 18.6. The molecule has 0 radical (unpaired) electrons. The van der Waals surface area contributed by atoms with Gasteiger partial charge in [0.25, 0.3) is 0 Å². The molecule has 0 amide bonds. The molecule has 7 aromatic carbocycles. The molecule has 0 aliphatic heterocycles. The van der Waals surface area contributed by atoms with Gasteiger partial charge in [0.15, 0.2) is 0 Å². The van der Waals surface area contributed by atoms with Crippen molar-refractivity contribution < 1.29 is 0 Å². The van der Waals surface area contributed by atoms with E-state index in [4.69, 9.17) is 4.98 Å². The van der Waals surface area contributed by atoms with Gasteiger partial charge in [-0.1, -0.05) is 123 Å². The lowest BCUT2D eigenvalue weighted by Gasteiger charge is -2.23. The Labute approximate surface area is 313 Å². The van der Waals surface area contributed by atoms with Crippen molar-refractivity contribution in [3.05, 3.63) is 187 Å². The van der Waals surface area contributed by atoms with Crippen LogP contribution in [0.2, 0.25) is 0 Å². The molecule has 0 atom stereocenters. The van der Waals surface area contributed by atoms with Gasteiger partial charge in [-0.25, -0.2) is 0 Å². The van der Waals surface area contributed by atoms with Gasteiger partial charge in [0, 0.05) is 45.0 Å². The molecule has 254 valence electrons. The number of nitrogens with zero attached hydrogens (tertiary/aromatic N) is 3. The third-order valence-corrected chi connectivity index (χ3v) is 11.7. The van der Waals surface area contributed by atoms with Crippen LogP contribution < -0.4 is 0 Å². The van der Waals surface area contributed by atoms with Gasteiger partial charge < -0.3 is 4.57 Å². The maximum atomic E-state index is 4.72.